The fraction of sp³-hybridized carbons (Fsp3) is 0.267. The summed E-state index contributed by atoms with van der Waals surface area (Å²) in [7, 11) is 0. The molecule has 0 amide bonds. The molecule has 1 N–H and O–H groups in total. The van der Waals surface area contributed by atoms with E-state index in [0.717, 1.165) is 18.8 Å². The number of thioether (sulfide) groups is 1. The summed E-state index contributed by atoms with van der Waals surface area (Å²) < 4.78 is 0. The number of nitrogens with one attached hydrogen (secondary N) is 1. The summed E-state index contributed by atoms with van der Waals surface area (Å²) in [4.78, 5) is 5.59. The first kappa shape index (κ1) is 13.1. The molecule has 1 aromatic carbocycles. The molecule has 0 aliphatic rings. The molecule has 0 unspecified atom stereocenters. The molecule has 0 fully saturated rings. The molecule has 2 rings (SSSR count). The molecule has 0 atom stereocenters. The third-order valence-corrected chi connectivity index (χ3v) is 3.53. The number of rotatable bonds is 5. The van der Waals surface area contributed by atoms with Gasteiger partial charge < -0.3 is 5.32 Å². The van der Waals surface area contributed by atoms with E-state index in [0.29, 0.717) is 0 Å². The maximum absolute atomic E-state index is 4.28. The van der Waals surface area contributed by atoms with Gasteiger partial charge in [-0.25, -0.2) is 0 Å². The van der Waals surface area contributed by atoms with Gasteiger partial charge in [0.2, 0.25) is 0 Å². The second-order valence-electron chi connectivity index (χ2n) is 4.26. The van der Waals surface area contributed by atoms with Crippen molar-refractivity contribution in [2.24, 2.45) is 0 Å². The van der Waals surface area contributed by atoms with Crippen molar-refractivity contribution in [3.63, 3.8) is 0 Å². The quantitative estimate of drug-likeness (QED) is 0.832. The first-order chi connectivity index (χ1) is 8.78. The van der Waals surface area contributed by atoms with Crippen LogP contribution in [-0.2, 0) is 13.1 Å². The highest BCUT2D eigenvalue weighted by Gasteiger charge is 1.96. The van der Waals surface area contributed by atoms with Gasteiger partial charge in [0, 0.05) is 29.9 Å². The number of benzene rings is 1. The van der Waals surface area contributed by atoms with Gasteiger partial charge in [-0.15, -0.1) is 11.8 Å². The zero-order valence-corrected chi connectivity index (χ0v) is 11.6. The van der Waals surface area contributed by atoms with Crippen LogP contribution in [0.2, 0.25) is 0 Å². The zero-order chi connectivity index (χ0) is 12.8. The van der Waals surface area contributed by atoms with Gasteiger partial charge in [0.1, 0.15) is 0 Å². The lowest BCUT2D eigenvalue weighted by Gasteiger charge is -2.06. The number of hydrogen-bond donors (Lipinski definition) is 1. The van der Waals surface area contributed by atoms with E-state index < -0.39 is 0 Å². The van der Waals surface area contributed by atoms with Crippen LogP contribution in [0, 0.1) is 6.92 Å². The SMILES string of the molecule is CSc1ccc(CNCc2ccc(C)nc2)cc1. The van der Waals surface area contributed by atoms with E-state index in [-0.39, 0.29) is 0 Å². The summed E-state index contributed by atoms with van der Waals surface area (Å²) in [5.41, 5.74) is 3.60. The number of nitrogens with zero attached hydrogens (tertiary/aromatic N) is 1. The molecule has 94 valence electrons. The molecule has 0 bridgehead atoms. The van der Waals surface area contributed by atoms with E-state index in [1.54, 1.807) is 11.8 Å². The molecule has 18 heavy (non-hydrogen) atoms. The van der Waals surface area contributed by atoms with Crippen molar-refractivity contribution in [3.05, 3.63) is 59.4 Å². The van der Waals surface area contributed by atoms with E-state index in [9.17, 15) is 0 Å². The van der Waals surface area contributed by atoms with Gasteiger partial charge in [-0.1, -0.05) is 18.2 Å². The predicted molar refractivity (Wildman–Crippen MR) is 77.7 cm³/mol. The van der Waals surface area contributed by atoms with Crippen molar-refractivity contribution in [2.45, 2.75) is 24.9 Å². The number of aryl methyl sites for hydroxylation is 1. The van der Waals surface area contributed by atoms with Gasteiger partial charge >= 0.3 is 0 Å². The highest BCUT2D eigenvalue weighted by molar-refractivity contribution is 7.98. The van der Waals surface area contributed by atoms with E-state index in [2.05, 4.69) is 46.9 Å². The molecule has 1 heterocycles. The lowest BCUT2D eigenvalue weighted by atomic mass is 10.2. The van der Waals surface area contributed by atoms with E-state index in [4.69, 9.17) is 0 Å². The third kappa shape index (κ3) is 3.86. The third-order valence-electron chi connectivity index (χ3n) is 2.79. The molecular formula is C15H18N2S. The Morgan fingerprint density at radius 1 is 1.00 bits per heavy atom. The van der Waals surface area contributed by atoms with Crippen LogP contribution in [0.3, 0.4) is 0 Å². The smallest absolute Gasteiger partial charge is 0.0372 e. The molecule has 3 heteroatoms. The van der Waals surface area contributed by atoms with Crippen LogP contribution < -0.4 is 5.32 Å². The van der Waals surface area contributed by atoms with Crippen LogP contribution in [-0.4, -0.2) is 11.2 Å². The Morgan fingerprint density at radius 2 is 1.67 bits per heavy atom. The monoisotopic (exact) mass is 258 g/mol. The molecular weight excluding hydrogens is 240 g/mol. The highest BCUT2D eigenvalue weighted by atomic mass is 32.2. The van der Waals surface area contributed by atoms with Crippen molar-refractivity contribution in [2.75, 3.05) is 6.26 Å². The van der Waals surface area contributed by atoms with E-state index in [1.807, 2.05) is 19.2 Å². The molecule has 0 spiro atoms. The fourth-order valence-electron chi connectivity index (χ4n) is 1.70. The van der Waals surface area contributed by atoms with Crippen LogP contribution in [0.25, 0.3) is 0 Å². The van der Waals surface area contributed by atoms with Crippen molar-refractivity contribution < 1.29 is 0 Å². The van der Waals surface area contributed by atoms with Gasteiger partial charge in [0.25, 0.3) is 0 Å². The summed E-state index contributed by atoms with van der Waals surface area (Å²) in [5.74, 6) is 0. The molecule has 0 aliphatic carbocycles. The minimum Gasteiger partial charge on any atom is -0.309 e. The Balaban J connectivity index is 1.82. The second-order valence-corrected chi connectivity index (χ2v) is 5.14. The molecule has 0 saturated carbocycles. The summed E-state index contributed by atoms with van der Waals surface area (Å²) >= 11 is 1.77. The van der Waals surface area contributed by atoms with Gasteiger partial charge in [-0.3, -0.25) is 4.98 Å². The maximum Gasteiger partial charge on any atom is 0.0372 e. The van der Waals surface area contributed by atoms with Crippen LogP contribution >= 0.6 is 11.8 Å². The summed E-state index contributed by atoms with van der Waals surface area (Å²) in [6.45, 7) is 3.75. The van der Waals surface area contributed by atoms with Crippen LogP contribution in [0.1, 0.15) is 16.8 Å². The maximum atomic E-state index is 4.28. The van der Waals surface area contributed by atoms with Crippen molar-refractivity contribution >= 4 is 11.8 Å². The fourth-order valence-corrected chi connectivity index (χ4v) is 2.11. The number of pyridine rings is 1. The Hall–Kier alpha value is -1.32. The minimum absolute atomic E-state index is 0.859. The summed E-state index contributed by atoms with van der Waals surface area (Å²) in [6.07, 6.45) is 4.02. The minimum atomic E-state index is 0.859. The topological polar surface area (TPSA) is 24.9 Å². The van der Waals surface area contributed by atoms with Crippen molar-refractivity contribution in [1.29, 1.82) is 0 Å². The average molecular weight is 258 g/mol. The van der Waals surface area contributed by atoms with Crippen molar-refractivity contribution in [1.82, 2.24) is 10.3 Å². The molecule has 1 aromatic heterocycles. The second kappa shape index (κ2) is 6.57. The number of hydrogen-bond acceptors (Lipinski definition) is 3. The first-order valence-corrected chi connectivity index (χ1v) is 7.25. The molecule has 0 saturated heterocycles. The Labute approximate surface area is 113 Å². The highest BCUT2D eigenvalue weighted by Crippen LogP contribution is 2.14. The lowest BCUT2D eigenvalue weighted by molar-refractivity contribution is 0.690. The van der Waals surface area contributed by atoms with E-state index >= 15 is 0 Å². The van der Waals surface area contributed by atoms with E-state index in [1.165, 1.54) is 16.0 Å². The normalized spacial score (nSPS) is 10.6. The molecule has 2 aromatic rings. The van der Waals surface area contributed by atoms with Gasteiger partial charge in [-0.2, -0.15) is 0 Å². The lowest BCUT2D eigenvalue weighted by Crippen LogP contribution is -2.12. The van der Waals surface area contributed by atoms with Crippen LogP contribution in [0.15, 0.2) is 47.5 Å². The summed E-state index contributed by atoms with van der Waals surface area (Å²) in [6, 6.07) is 12.8. The summed E-state index contributed by atoms with van der Waals surface area (Å²) in [5, 5.41) is 3.43. The van der Waals surface area contributed by atoms with Gasteiger partial charge in [0.15, 0.2) is 0 Å². The largest absolute Gasteiger partial charge is 0.309 e. The average Bonchev–Trinajstić information content (AvgIpc) is 2.42. The Kier molecular flexibility index (Phi) is 4.79. The predicted octanol–water partition coefficient (Wildman–Crippen LogP) is 3.40. The molecule has 2 nitrogen and oxygen atoms in total. The Morgan fingerprint density at radius 3 is 2.28 bits per heavy atom. The van der Waals surface area contributed by atoms with Gasteiger partial charge in [-0.05, 0) is 42.5 Å². The zero-order valence-electron chi connectivity index (χ0n) is 10.8. The van der Waals surface area contributed by atoms with Crippen molar-refractivity contribution in [3.8, 4) is 0 Å². The van der Waals surface area contributed by atoms with Crippen LogP contribution in [0.5, 0.6) is 0 Å². The Bertz CT molecular complexity index is 477. The molecule has 0 aliphatic heterocycles. The number of aromatic nitrogens is 1. The first-order valence-electron chi connectivity index (χ1n) is 6.03. The standard InChI is InChI=1S/C15H18N2S/c1-12-3-4-14(11-17-12)10-16-9-13-5-7-15(18-2)8-6-13/h3-8,11,16H,9-10H2,1-2H3. The van der Waals surface area contributed by atoms with Gasteiger partial charge in [0.05, 0.1) is 0 Å². The molecule has 0 radical (unpaired) electrons. The van der Waals surface area contributed by atoms with Crippen LogP contribution in [0.4, 0.5) is 0 Å².